The molecule has 0 aromatic rings. The number of ether oxygens (including phenoxy) is 6. The molecule has 5 N–H and O–H groups in total. The summed E-state index contributed by atoms with van der Waals surface area (Å²) in [5.41, 5.74) is -4.84. The molecule has 0 aromatic heterocycles. The van der Waals surface area contributed by atoms with Gasteiger partial charge in [-0.2, -0.15) is 0 Å². The number of rotatable bonds is 7. The number of esters is 1. The van der Waals surface area contributed by atoms with Gasteiger partial charge in [0.05, 0.1) is 47.6 Å². The van der Waals surface area contributed by atoms with Gasteiger partial charge in [-0.3, -0.25) is 9.59 Å². The number of hydrogen-bond donors (Lipinski definition) is 5. The number of carbonyl (C=O) groups is 2. The van der Waals surface area contributed by atoms with Crippen LogP contribution in [-0.2, 0) is 38.0 Å². The van der Waals surface area contributed by atoms with Crippen molar-refractivity contribution >= 4 is 11.8 Å². The Morgan fingerprint density at radius 3 is 2.04 bits per heavy atom. The van der Waals surface area contributed by atoms with Crippen LogP contribution in [0.25, 0.3) is 0 Å². The summed E-state index contributed by atoms with van der Waals surface area (Å²) < 4.78 is 37.1. The minimum Gasteiger partial charge on any atom is -0.459 e. The molecule has 0 amide bonds. The molecule has 0 unspecified atom stereocenters. The number of carbonyl (C=O) groups excluding carboxylic acids is 2. The van der Waals surface area contributed by atoms with E-state index in [1.807, 2.05) is 25.9 Å². The van der Waals surface area contributed by atoms with Crippen molar-refractivity contribution in [2.45, 2.75) is 179 Å². The van der Waals surface area contributed by atoms with Gasteiger partial charge in [0.2, 0.25) is 0 Å². The molecule has 0 aromatic carbocycles. The van der Waals surface area contributed by atoms with Gasteiger partial charge in [0.25, 0.3) is 0 Å². The molecule has 51 heavy (non-hydrogen) atoms. The Morgan fingerprint density at radius 1 is 0.882 bits per heavy atom. The predicted octanol–water partition coefficient (Wildman–Crippen LogP) is 1.79. The van der Waals surface area contributed by atoms with Gasteiger partial charge >= 0.3 is 5.97 Å². The maximum Gasteiger partial charge on any atom is 0.311 e. The quantitative estimate of drug-likeness (QED) is 0.238. The molecule has 0 bridgehead atoms. The molecule has 3 aliphatic rings. The zero-order valence-corrected chi connectivity index (χ0v) is 32.9. The Kier molecular flexibility index (Phi) is 14.7. The lowest BCUT2D eigenvalue weighted by molar-refractivity contribution is -0.318. The first-order valence-electron chi connectivity index (χ1n) is 18.5. The van der Waals surface area contributed by atoms with Crippen LogP contribution in [0.2, 0.25) is 0 Å². The summed E-state index contributed by atoms with van der Waals surface area (Å²) in [5.74, 6) is -4.98. The number of ketones is 1. The first kappa shape index (κ1) is 44.1. The van der Waals surface area contributed by atoms with Crippen molar-refractivity contribution < 1.29 is 63.5 Å². The molecule has 3 fully saturated rings. The fraction of sp³-hybridized carbons (Fsp3) is 0.946. The van der Waals surface area contributed by atoms with Crippen molar-refractivity contribution in [2.75, 3.05) is 21.2 Å². The van der Waals surface area contributed by atoms with E-state index in [2.05, 4.69) is 0 Å². The second-order valence-electron chi connectivity index (χ2n) is 16.5. The maximum atomic E-state index is 14.1. The summed E-state index contributed by atoms with van der Waals surface area (Å²) in [6, 6.07) is -0.324. The van der Waals surface area contributed by atoms with E-state index in [-0.39, 0.29) is 31.4 Å². The molecule has 3 rings (SSSR count). The monoisotopic (exact) mass is 733 g/mol. The van der Waals surface area contributed by atoms with Crippen LogP contribution in [0.5, 0.6) is 0 Å². The van der Waals surface area contributed by atoms with Gasteiger partial charge in [0.15, 0.2) is 12.6 Å². The van der Waals surface area contributed by atoms with E-state index >= 15 is 0 Å². The van der Waals surface area contributed by atoms with Crippen LogP contribution in [0.3, 0.4) is 0 Å². The number of likely N-dealkylation sites (N-methyl/N-ethyl adjacent to an activating group) is 1. The summed E-state index contributed by atoms with van der Waals surface area (Å²) in [5, 5.41) is 57.6. The summed E-state index contributed by atoms with van der Waals surface area (Å²) in [7, 11) is 5.18. The van der Waals surface area contributed by atoms with Crippen molar-refractivity contribution in [3.63, 3.8) is 0 Å². The van der Waals surface area contributed by atoms with Crippen LogP contribution in [-0.4, -0.2) is 148 Å². The molecule has 14 heteroatoms. The van der Waals surface area contributed by atoms with Crippen molar-refractivity contribution in [1.82, 2.24) is 4.90 Å². The third kappa shape index (κ3) is 9.51. The standard InChI is InChI=1S/C37H67NO13/c1-14-25-37(10,45)30(41)20(4)27(39)18(2)16-35(8,44)32(51-34-28(40)24(38(11)12)15-19(3)47-34)21(5)29(22(6)33(43)49-25)50-26-17-36(9,46-13)31(42)23(7)48-26/h18-26,28-32,34,40-42,44-45H,14-17H2,1-13H3/t18-,19+,20+,21+,22-,23-,24-,25-,26+,28+,29+,30-,31-,32-,34+,35-,36+,37-/m1/s1. The Bertz CT molecular complexity index is 1170. The van der Waals surface area contributed by atoms with Crippen LogP contribution in [0, 0.1) is 23.7 Å². The van der Waals surface area contributed by atoms with E-state index < -0.39 is 108 Å². The van der Waals surface area contributed by atoms with Gasteiger partial charge in [-0.05, 0) is 74.9 Å². The highest BCUT2D eigenvalue weighted by atomic mass is 16.7. The smallest absolute Gasteiger partial charge is 0.311 e. The molecule has 3 heterocycles. The summed E-state index contributed by atoms with van der Waals surface area (Å²) >= 11 is 0. The Labute approximate surface area is 304 Å². The summed E-state index contributed by atoms with van der Waals surface area (Å²) in [4.78, 5) is 29.8. The molecule has 0 aliphatic carbocycles. The van der Waals surface area contributed by atoms with Crippen LogP contribution < -0.4 is 0 Å². The number of nitrogens with zero attached hydrogens (tertiary/aromatic N) is 1. The van der Waals surface area contributed by atoms with Gasteiger partial charge in [-0.15, -0.1) is 0 Å². The average Bonchev–Trinajstić information content (AvgIpc) is 3.05. The third-order valence-corrected chi connectivity index (χ3v) is 11.8. The van der Waals surface area contributed by atoms with Gasteiger partial charge in [-0.1, -0.05) is 27.7 Å². The zero-order valence-electron chi connectivity index (χ0n) is 32.9. The van der Waals surface area contributed by atoms with Gasteiger partial charge in [-0.25, -0.2) is 0 Å². The largest absolute Gasteiger partial charge is 0.459 e. The average molecular weight is 734 g/mol. The molecule has 0 radical (unpaired) electrons. The molecule has 3 aliphatic heterocycles. The molecular formula is C37H67NO13. The van der Waals surface area contributed by atoms with Crippen molar-refractivity contribution in [3.05, 3.63) is 0 Å². The Hall–Kier alpha value is -1.30. The SMILES string of the molecule is CC[C@H]1OC(=O)[C@H](C)[C@@H](O[C@H]2C[C@](C)(OC)[C@H](O)[C@@H](C)O2)[C@H](C)[C@@H](O[C@@H]2O[C@@H](C)C[C@@H](N(C)C)[C@@H]2O)[C@](C)(O)C[C@@H](C)C(=O)[C@H](C)[C@@H](O)[C@]1(C)O. The van der Waals surface area contributed by atoms with Crippen LogP contribution in [0.15, 0.2) is 0 Å². The molecule has 18 atom stereocenters. The van der Waals surface area contributed by atoms with Gasteiger partial charge < -0.3 is 58.9 Å². The highest BCUT2D eigenvalue weighted by Crippen LogP contribution is 2.40. The van der Waals surface area contributed by atoms with E-state index in [1.165, 1.54) is 27.9 Å². The first-order valence-corrected chi connectivity index (χ1v) is 18.5. The second kappa shape index (κ2) is 17.0. The van der Waals surface area contributed by atoms with E-state index in [4.69, 9.17) is 28.4 Å². The van der Waals surface area contributed by atoms with Crippen LogP contribution in [0.4, 0.5) is 0 Å². The van der Waals surface area contributed by atoms with E-state index in [0.717, 1.165) is 0 Å². The molecule has 298 valence electrons. The zero-order chi connectivity index (χ0) is 39.0. The molecule has 0 spiro atoms. The van der Waals surface area contributed by atoms with Crippen LogP contribution in [0.1, 0.15) is 94.9 Å². The minimum atomic E-state index is -1.99. The number of Topliss-reactive ketones (excluding diaryl/α,β-unsaturated/α-hetero) is 1. The lowest BCUT2D eigenvalue weighted by Crippen LogP contribution is -2.61. The van der Waals surface area contributed by atoms with Gasteiger partial charge in [0, 0.05) is 37.3 Å². The number of methoxy groups -OCH3 is 1. The number of aliphatic hydroxyl groups excluding tert-OH is 3. The number of hydrogen-bond acceptors (Lipinski definition) is 14. The maximum absolute atomic E-state index is 14.1. The number of aliphatic hydroxyl groups is 5. The minimum absolute atomic E-state index is 0.0936. The lowest BCUT2D eigenvalue weighted by atomic mass is 9.74. The topological polar surface area (TPSA) is 194 Å². The van der Waals surface area contributed by atoms with Crippen molar-refractivity contribution in [1.29, 1.82) is 0 Å². The number of cyclic esters (lactones) is 1. The third-order valence-electron chi connectivity index (χ3n) is 11.8. The van der Waals surface area contributed by atoms with Crippen LogP contribution >= 0.6 is 0 Å². The van der Waals surface area contributed by atoms with E-state index in [9.17, 15) is 35.1 Å². The van der Waals surface area contributed by atoms with Gasteiger partial charge in [0.1, 0.15) is 29.7 Å². The van der Waals surface area contributed by atoms with Crippen molar-refractivity contribution in [3.8, 4) is 0 Å². The molecule has 3 saturated heterocycles. The van der Waals surface area contributed by atoms with E-state index in [1.54, 1.807) is 41.5 Å². The highest BCUT2D eigenvalue weighted by molar-refractivity contribution is 5.83. The fourth-order valence-electron chi connectivity index (χ4n) is 8.41. The van der Waals surface area contributed by atoms with Crippen molar-refractivity contribution in [2.24, 2.45) is 23.7 Å². The highest BCUT2D eigenvalue weighted by Gasteiger charge is 2.53. The predicted molar refractivity (Wildman–Crippen MR) is 186 cm³/mol. The molecule has 14 nitrogen and oxygen atoms in total. The summed E-state index contributed by atoms with van der Waals surface area (Å²) in [6.45, 7) is 16.3. The Balaban J connectivity index is 2.18. The normalized spacial score (nSPS) is 49.7. The molecule has 0 saturated carbocycles. The second-order valence-corrected chi connectivity index (χ2v) is 16.5. The summed E-state index contributed by atoms with van der Waals surface area (Å²) in [6.07, 6.45) is -9.71. The fourth-order valence-corrected chi connectivity index (χ4v) is 8.41. The Morgan fingerprint density at radius 2 is 1.49 bits per heavy atom. The molecular weight excluding hydrogens is 666 g/mol. The lowest BCUT2D eigenvalue weighted by Gasteiger charge is -2.49. The van der Waals surface area contributed by atoms with E-state index in [0.29, 0.717) is 6.42 Å². The first-order chi connectivity index (χ1) is 23.4.